The maximum absolute atomic E-state index is 13.1. The second kappa shape index (κ2) is 10.5. The summed E-state index contributed by atoms with van der Waals surface area (Å²) in [7, 11) is -0.846. The van der Waals surface area contributed by atoms with Crippen molar-refractivity contribution in [3.05, 3.63) is 54.1 Å². The molecule has 2 aromatic carbocycles. The Kier molecular flexibility index (Phi) is 7.99. The molecule has 33 heavy (non-hydrogen) atoms. The zero-order valence-electron chi connectivity index (χ0n) is 19.8. The predicted molar refractivity (Wildman–Crippen MR) is 128 cm³/mol. The largest absolute Gasteiger partial charge is 0.495 e. The summed E-state index contributed by atoms with van der Waals surface area (Å²) >= 11 is 0. The van der Waals surface area contributed by atoms with Crippen molar-refractivity contribution >= 4 is 21.6 Å². The maximum atomic E-state index is 13.1. The number of anilines is 1. The first-order chi connectivity index (χ1) is 15.6. The second-order valence-corrected chi connectivity index (χ2v) is 10.4. The zero-order valence-corrected chi connectivity index (χ0v) is 20.6. The van der Waals surface area contributed by atoms with Crippen molar-refractivity contribution in [1.29, 1.82) is 0 Å². The highest BCUT2D eigenvalue weighted by atomic mass is 32.2. The molecule has 0 unspecified atom stereocenters. The van der Waals surface area contributed by atoms with Crippen LogP contribution in [0.3, 0.4) is 0 Å². The van der Waals surface area contributed by atoms with Crippen LogP contribution in [-0.2, 0) is 14.8 Å². The number of carbonyl (C=O) groups excluding carboxylic acids is 1. The van der Waals surface area contributed by atoms with Crippen LogP contribution in [0.1, 0.15) is 31.1 Å². The van der Waals surface area contributed by atoms with E-state index in [0.29, 0.717) is 23.5 Å². The molecule has 0 radical (unpaired) electrons. The second-order valence-electron chi connectivity index (χ2n) is 8.44. The lowest BCUT2D eigenvalue weighted by molar-refractivity contribution is -0.0778. The number of morpholine rings is 1. The minimum atomic E-state index is -3.81. The van der Waals surface area contributed by atoms with Gasteiger partial charge in [-0.05, 0) is 57.2 Å². The monoisotopic (exact) mass is 475 g/mol. The van der Waals surface area contributed by atoms with Crippen molar-refractivity contribution in [2.75, 3.05) is 38.1 Å². The molecule has 1 aliphatic heterocycles. The van der Waals surface area contributed by atoms with E-state index in [2.05, 4.69) is 31.0 Å². The number of hydrogen-bond acceptors (Lipinski definition) is 6. The first-order valence-corrected chi connectivity index (χ1v) is 12.5. The molecular formula is C24H33N3O5S. The number of methoxy groups -OCH3 is 1. The van der Waals surface area contributed by atoms with E-state index in [-0.39, 0.29) is 29.1 Å². The fourth-order valence-corrected chi connectivity index (χ4v) is 5.21. The molecule has 1 N–H and O–H groups in total. The highest BCUT2D eigenvalue weighted by Gasteiger charge is 2.26. The molecule has 2 aromatic rings. The SMILES string of the molecule is COc1ccccc1N(C)S(=O)(=O)c1ccc(C(=O)NC[C@H](C)N2C[C@@H](C)O[C@@H](C)C2)cc1. The van der Waals surface area contributed by atoms with Gasteiger partial charge in [-0.2, -0.15) is 0 Å². The summed E-state index contributed by atoms with van der Waals surface area (Å²) in [4.78, 5) is 15.0. The van der Waals surface area contributed by atoms with Crippen LogP contribution in [0.4, 0.5) is 5.69 Å². The van der Waals surface area contributed by atoms with E-state index < -0.39 is 10.0 Å². The Morgan fingerprint density at radius 1 is 1.15 bits per heavy atom. The van der Waals surface area contributed by atoms with Crippen LogP contribution in [0.5, 0.6) is 5.75 Å². The lowest BCUT2D eigenvalue weighted by Gasteiger charge is -2.39. The summed E-state index contributed by atoms with van der Waals surface area (Å²) in [6.45, 7) is 8.33. The molecule has 0 spiro atoms. The van der Waals surface area contributed by atoms with Crippen LogP contribution in [0.2, 0.25) is 0 Å². The summed E-state index contributed by atoms with van der Waals surface area (Å²) in [6.07, 6.45) is 0.325. The van der Waals surface area contributed by atoms with Crippen LogP contribution in [0.25, 0.3) is 0 Å². The normalized spacial score (nSPS) is 20.2. The van der Waals surface area contributed by atoms with Gasteiger partial charge in [0.2, 0.25) is 0 Å². The van der Waals surface area contributed by atoms with E-state index in [4.69, 9.17) is 9.47 Å². The number of sulfonamides is 1. The van der Waals surface area contributed by atoms with Gasteiger partial charge in [-0.15, -0.1) is 0 Å². The first kappa shape index (κ1) is 25.0. The van der Waals surface area contributed by atoms with Gasteiger partial charge in [0.15, 0.2) is 0 Å². The number of nitrogens with one attached hydrogen (secondary N) is 1. The molecule has 0 aromatic heterocycles. The highest BCUT2D eigenvalue weighted by molar-refractivity contribution is 7.92. The Bertz CT molecular complexity index is 1050. The summed E-state index contributed by atoms with van der Waals surface area (Å²) in [5.74, 6) is 0.219. The molecule has 1 aliphatic rings. The van der Waals surface area contributed by atoms with Gasteiger partial charge in [0.05, 0.1) is 29.9 Å². The molecular weight excluding hydrogens is 442 g/mol. The Morgan fingerprint density at radius 2 is 1.76 bits per heavy atom. The topological polar surface area (TPSA) is 88.2 Å². The first-order valence-electron chi connectivity index (χ1n) is 11.0. The van der Waals surface area contributed by atoms with Gasteiger partial charge >= 0.3 is 0 Å². The lowest BCUT2D eigenvalue weighted by atomic mass is 10.1. The van der Waals surface area contributed by atoms with Gasteiger partial charge in [0, 0.05) is 38.3 Å². The predicted octanol–water partition coefficient (Wildman–Crippen LogP) is 2.75. The van der Waals surface area contributed by atoms with Crippen molar-refractivity contribution in [3.8, 4) is 5.75 Å². The van der Waals surface area contributed by atoms with E-state index in [1.54, 1.807) is 24.3 Å². The van der Waals surface area contributed by atoms with Gasteiger partial charge in [-0.25, -0.2) is 8.42 Å². The number of hydrogen-bond donors (Lipinski definition) is 1. The summed E-state index contributed by atoms with van der Waals surface area (Å²) in [5, 5.41) is 2.95. The van der Waals surface area contributed by atoms with Gasteiger partial charge in [-0.1, -0.05) is 12.1 Å². The third kappa shape index (κ3) is 5.85. The smallest absolute Gasteiger partial charge is 0.264 e. The van der Waals surface area contributed by atoms with Gasteiger partial charge < -0.3 is 14.8 Å². The molecule has 0 bridgehead atoms. The third-order valence-electron chi connectivity index (χ3n) is 5.83. The number of benzene rings is 2. The molecule has 180 valence electrons. The average Bonchev–Trinajstić information content (AvgIpc) is 2.81. The fourth-order valence-electron chi connectivity index (χ4n) is 4.00. The molecule has 1 heterocycles. The van der Waals surface area contributed by atoms with Crippen molar-refractivity contribution in [2.24, 2.45) is 0 Å². The molecule has 1 saturated heterocycles. The highest BCUT2D eigenvalue weighted by Crippen LogP contribution is 2.30. The van der Waals surface area contributed by atoms with E-state index in [0.717, 1.165) is 13.1 Å². The summed E-state index contributed by atoms with van der Waals surface area (Å²) in [6, 6.07) is 13.0. The van der Waals surface area contributed by atoms with E-state index in [1.807, 2.05) is 0 Å². The minimum Gasteiger partial charge on any atom is -0.495 e. The molecule has 1 fully saturated rings. The average molecular weight is 476 g/mol. The number of carbonyl (C=O) groups is 1. The van der Waals surface area contributed by atoms with Gasteiger partial charge in [-0.3, -0.25) is 14.0 Å². The van der Waals surface area contributed by atoms with E-state index >= 15 is 0 Å². The number of rotatable bonds is 8. The molecule has 8 nitrogen and oxygen atoms in total. The van der Waals surface area contributed by atoms with Gasteiger partial charge in [0.25, 0.3) is 15.9 Å². The number of amides is 1. The Balaban J connectivity index is 1.65. The van der Waals surface area contributed by atoms with Gasteiger partial charge in [0.1, 0.15) is 5.75 Å². The van der Waals surface area contributed by atoms with Crippen molar-refractivity contribution in [1.82, 2.24) is 10.2 Å². The van der Waals surface area contributed by atoms with Crippen molar-refractivity contribution in [3.63, 3.8) is 0 Å². The summed E-state index contributed by atoms with van der Waals surface area (Å²) < 4.78 is 38.4. The number of nitrogens with zero attached hydrogens (tertiary/aromatic N) is 2. The van der Waals surface area contributed by atoms with Crippen LogP contribution >= 0.6 is 0 Å². The molecule has 0 saturated carbocycles. The summed E-state index contributed by atoms with van der Waals surface area (Å²) in [5.41, 5.74) is 0.840. The number of ether oxygens (including phenoxy) is 2. The molecule has 0 aliphatic carbocycles. The fraction of sp³-hybridized carbons (Fsp3) is 0.458. The molecule has 9 heteroatoms. The van der Waals surface area contributed by atoms with Crippen LogP contribution in [0, 0.1) is 0 Å². The molecule has 3 atom stereocenters. The Morgan fingerprint density at radius 3 is 2.36 bits per heavy atom. The molecule has 3 rings (SSSR count). The quantitative estimate of drug-likeness (QED) is 0.632. The maximum Gasteiger partial charge on any atom is 0.264 e. The standard InChI is InChI=1S/C24H33N3O5S/c1-17(27-15-18(2)32-19(3)16-27)14-25-24(28)20-10-12-21(13-11-20)33(29,30)26(4)22-8-6-7-9-23(22)31-5/h6-13,17-19H,14-16H2,1-5H3,(H,25,28)/t17-,18-,19+/m0/s1. The van der Waals surface area contributed by atoms with Crippen LogP contribution in [0.15, 0.2) is 53.4 Å². The zero-order chi connectivity index (χ0) is 24.2. The lowest BCUT2D eigenvalue weighted by Crippen LogP contribution is -2.52. The minimum absolute atomic E-state index is 0.0946. The van der Waals surface area contributed by atoms with E-state index in [1.165, 1.54) is 42.7 Å². The van der Waals surface area contributed by atoms with Crippen LogP contribution < -0.4 is 14.4 Å². The Hall–Kier alpha value is -2.62. The van der Waals surface area contributed by atoms with E-state index in [9.17, 15) is 13.2 Å². The number of para-hydroxylation sites is 2. The van der Waals surface area contributed by atoms with Crippen molar-refractivity contribution in [2.45, 2.75) is 43.9 Å². The Labute approximate surface area is 196 Å². The van der Waals surface area contributed by atoms with Crippen molar-refractivity contribution < 1.29 is 22.7 Å². The molecule has 1 amide bonds. The van der Waals surface area contributed by atoms with Crippen LogP contribution in [-0.4, -0.2) is 71.3 Å². The third-order valence-corrected chi connectivity index (χ3v) is 7.61.